The molecule has 21 heavy (non-hydrogen) atoms. The lowest BCUT2D eigenvalue weighted by Gasteiger charge is -2.06. The molecule has 0 saturated carbocycles. The minimum Gasteiger partial charge on any atom is -0.466 e. The molecule has 0 aromatic heterocycles. The summed E-state index contributed by atoms with van der Waals surface area (Å²) in [6.45, 7) is 2.89. The van der Waals surface area contributed by atoms with Gasteiger partial charge in [0.05, 0.1) is 24.8 Å². The molecule has 2 N–H and O–H groups in total. The quantitative estimate of drug-likeness (QED) is 0.558. The number of nitrogens with one attached hydrogen (secondary N) is 2. The van der Waals surface area contributed by atoms with E-state index in [-0.39, 0.29) is 18.4 Å². The maximum Gasteiger partial charge on any atom is 0.305 e. The number of esters is 1. The summed E-state index contributed by atoms with van der Waals surface area (Å²) in [4.78, 5) is 22.7. The molecule has 0 bridgehead atoms. The smallest absolute Gasteiger partial charge is 0.305 e. The molecule has 0 radical (unpaired) electrons. The summed E-state index contributed by atoms with van der Waals surface area (Å²) >= 11 is 0. The van der Waals surface area contributed by atoms with Crippen molar-refractivity contribution in [1.29, 1.82) is 5.26 Å². The van der Waals surface area contributed by atoms with Crippen molar-refractivity contribution < 1.29 is 14.3 Å². The first-order valence-electron chi connectivity index (χ1n) is 6.82. The van der Waals surface area contributed by atoms with Crippen molar-refractivity contribution in [3.63, 3.8) is 0 Å². The number of ether oxygens (including phenoxy) is 1. The van der Waals surface area contributed by atoms with Gasteiger partial charge in [0, 0.05) is 12.1 Å². The van der Waals surface area contributed by atoms with Crippen molar-refractivity contribution in [2.24, 2.45) is 0 Å². The van der Waals surface area contributed by atoms with E-state index in [1.54, 1.807) is 31.2 Å². The van der Waals surface area contributed by atoms with Crippen LogP contribution in [0.2, 0.25) is 0 Å². The molecule has 6 heteroatoms. The van der Waals surface area contributed by atoms with E-state index in [0.717, 1.165) is 0 Å². The summed E-state index contributed by atoms with van der Waals surface area (Å²) in [5.74, 6) is -0.392. The van der Waals surface area contributed by atoms with Crippen LogP contribution in [0.5, 0.6) is 0 Å². The van der Waals surface area contributed by atoms with E-state index in [4.69, 9.17) is 10.00 Å². The first kappa shape index (κ1) is 16.7. The third kappa shape index (κ3) is 7.09. The van der Waals surface area contributed by atoms with Crippen LogP contribution >= 0.6 is 0 Å². The van der Waals surface area contributed by atoms with Crippen LogP contribution < -0.4 is 10.6 Å². The lowest BCUT2D eigenvalue weighted by Crippen LogP contribution is -2.29. The molecule has 1 aromatic rings. The number of rotatable bonds is 8. The number of hydrogen-bond donors (Lipinski definition) is 2. The van der Waals surface area contributed by atoms with Crippen molar-refractivity contribution in [2.45, 2.75) is 19.8 Å². The van der Waals surface area contributed by atoms with Crippen LogP contribution in [-0.4, -0.2) is 31.6 Å². The fraction of sp³-hybridized carbons (Fsp3) is 0.400. The van der Waals surface area contributed by atoms with Gasteiger partial charge in [-0.3, -0.25) is 9.59 Å². The standard InChI is InChI=1S/C15H19N3O3/c1-2-21-15(20)4-3-9-17-11-14(19)18-13-7-5-12(10-16)6-8-13/h5-8,17H,2-4,9,11H2,1H3,(H,18,19). The molecule has 0 aliphatic carbocycles. The molecule has 0 heterocycles. The van der Waals surface area contributed by atoms with Gasteiger partial charge in [-0.2, -0.15) is 5.26 Å². The Labute approximate surface area is 124 Å². The molecule has 0 spiro atoms. The number of nitriles is 1. The van der Waals surface area contributed by atoms with Gasteiger partial charge in [0.1, 0.15) is 0 Å². The van der Waals surface area contributed by atoms with Crippen molar-refractivity contribution in [1.82, 2.24) is 5.32 Å². The Morgan fingerprint density at radius 2 is 2.00 bits per heavy atom. The van der Waals surface area contributed by atoms with E-state index >= 15 is 0 Å². The highest BCUT2D eigenvalue weighted by molar-refractivity contribution is 5.92. The highest BCUT2D eigenvalue weighted by atomic mass is 16.5. The summed E-state index contributed by atoms with van der Waals surface area (Å²) in [5.41, 5.74) is 1.19. The van der Waals surface area contributed by atoms with Crippen LogP contribution in [-0.2, 0) is 14.3 Å². The number of carbonyl (C=O) groups excluding carboxylic acids is 2. The molecule has 6 nitrogen and oxygen atoms in total. The molecule has 0 saturated heterocycles. The van der Waals surface area contributed by atoms with Crippen molar-refractivity contribution >= 4 is 17.6 Å². The molecule has 1 aromatic carbocycles. The van der Waals surface area contributed by atoms with E-state index in [1.165, 1.54) is 0 Å². The maximum atomic E-state index is 11.6. The summed E-state index contributed by atoms with van der Waals surface area (Å²) in [5, 5.41) is 14.3. The van der Waals surface area contributed by atoms with Gasteiger partial charge in [0.15, 0.2) is 0 Å². The van der Waals surface area contributed by atoms with Gasteiger partial charge >= 0.3 is 5.97 Å². The Morgan fingerprint density at radius 3 is 2.62 bits per heavy atom. The monoisotopic (exact) mass is 289 g/mol. The second kappa shape index (κ2) is 9.50. The SMILES string of the molecule is CCOC(=O)CCCNCC(=O)Nc1ccc(C#N)cc1. The normalized spacial score (nSPS) is 9.71. The maximum absolute atomic E-state index is 11.6. The lowest BCUT2D eigenvalue weighted by molar-refractivity contribution is -0.143. The number of nitrogens with zero attached hydrogens (tertiary/aromatic N) is 1. The van der Waals surface area contributed by atoms with E-state index < -0.39 is 0 Å². The van der Waals surface area contributed by atoms with Gasteiger partial charge in [-0.1, -0.05) is 0 Å². The van der Waals surface area contributed by atoms with Crippen LogP contribution in [0.3, 0.4) is 0 Å². The summed E-state index contributed by atoms with van der Waals surface area (Å²) in [6.07, 6.45) is 0.973. The molecule has 0 aliphatic rings. The molecule has 0 fully saturated rings. The third-order valence-corrected chi connectivity index (χ3v) is 2.62. The highest BCUT2D eigenvalue weighted by Crippen LogP contribution is 2.08. The average molecular weight is 289 g/mol. The zero-order valence-corrected chi connectivity index (χ0v) is 12.0. The van der Waals surface area contributed by atoms with Crippen LogP contribution in [0.15, 0.2) is 24.3 Å². The van der Waals surface area contributed by atoms with Crippen molar-refractivity contribution in [2.75, 3.05) is 25.0 Å². The van der Waals surface area contributed by atoms with E-state index in [9.17, 15) is 9.59 Å². The largest absolute Gasteiger partial charge is 0.466 e. The Balaban J connectivity index is 2.16. The van der Waals surface area contributed by atoms with E-state index in [0.29, 0.717) is 37.2 Å². The molecule has 0 unspecified atom stereocenters. The van der Waals surface area contributed by atoms with Crippen LogP contribution in [0.25, 0.3) is 0 Å². The van der Waals surface area contributed by atoms with Gasteiger partial charge in [-0.25, -0.2) is 0 Å². The van der Waals surface area contributed by atoms with Crippen LogP contribution in [0.4, 0.5) is 5.69 Å². The van der Waals surface area contributed by atoms with E-state index in [2.05, 4.69) is 10.6 Å². The summed E-state index contributed by atoms with van der Waals surface area (Å²) in [7, 11) is 0. The molecule has 112 valence electrons. The minimum absolute atomic E-state index is 0.169. The van der Waals surface area contributed by atoms with Gasteiger partial charge < -0.3 is 15.4 Å². The fourth-order valence-corrected chi connectivity index (χ4v) is 1.63. The Hall–Kier alpha value is -2.39. The predicted octanol–water partition coefficient (Wildman–Crippen LogP) is 1.43. The molecule has 0 aliphatic heterocycles. The predicted molar refractivity (Wildman–Crippen MR) is 78.5 cm³/mol. The molecule has 1 rings (SSSR count). The van der Waals surface area contributed by atoms with Gasteiger partial charge in [-0.05, 0) is 44.2 Å². The van der Waals surface area contributed by atoms with Crippen LogP contribution in [0.1, 0.15) is 25.3 Å². The number of benzene rings is 1. The molecular weight excluding hydrogens is 270 g/mol. The minimum atomic E-state index is -0.221. The van der Waals surface area contributed by atoms with Gasteiger partial charge in [0.2, 0.25) is 5.91 Å². The summed E-state index contributed by atoms with van der Waals surface area (Å²) in [6, 6.07) is 8.65. The molecule has 0 atom stereocenters. The zero-order valence-electron chi connectivity index (χ0n) is 12.0. The van der Waals surface area contributed by atoms with Crippen molar-refractivity contribution in [3.05, 3.63) is 29.8 Å². The topological polar surface area (TPSA) is 91.2 Å². The summed E-state index contributed by atoms with van der Waals surface area (Å²) < 4.78 is 4.80. The first-order chi connectivity index (χ1) is 10.2. The van der Waals surface area contributed by atoms with Gasteiger partial charge in [0.25, 0.3) is 0 Å². The zero-order chi connectivity index (χ0) is 15.5. The number of anilines is 1. The fourth-order valence-electron chi connectivity index (χ4n) is 1.63. The number of amides is 1. The van der Waals surface area contributed by atoms with Crippen molar-refractivity contribution in [3.8, 4) is 6.07 Å². The molecule has 1 amide bonds. The average Bonchev–Trinajstić information content (AvgIpc) is 2.48. The Kier molecular flexibility index (Phi) is 7.54. The lowest BCUT2D eigenvalue weighted by atomic mass is 10.2. The number of hydrogen-bond acceptors (Lipinski definition) is 5. The number of carbonyl (C=O) groups is 2. The first-order valence-corrected chi connectivity index (χ1v) is 6.82. The highest BCUT2D eigenvalue weighted by Gasteiger charge is 2.03. The van der Waals surface area contributed by atoms with Crippen LogP contribution in [0, 0.1) is 11.3 Å². The molecular formula is C15H19N3O3. The second-order valence-electron chi connectivity index (χ2n) is 4.32. The second-order valence-corrected chi connectivity index (χ2v) is 4.32. The van der Waals surface area contributed by atoms with E-state index in [1.807, 2.05) is 6.07 Å². The third-order valence-electron chi connectivity index (χ3n) is 2.62. The Bertz CT molecular complexity index is 506. The van der Waals surface area contributed by atoms with Gasteiger partial charge in [-0.15, -0.1) is 0 Å². The Morgan fingerprint density at radius 1 is 1.29 bits per heavy atom.